The molecule has 0 N–H and O–H groups in total. The molecule has 16 heavy (non-hydrogen) atoms. The smallest absolute Gasteiger partial charge is 0.149 e. The Bertz CT molecular complexity index is 474. The molecule has 0 aromatic heterocycles. The van der Waals surface area contributed by atoms with Crippen LogP contribution in [-0.4, -0.2) is 25.2 Å². The fourth-order valence-electron chi connectivity index (χ4n) is 1.59. The lowest BCUT2D eigenvalue weighted by atomic mass is 10.1. The third-order valence-electron chi connectivity index (χ3n) is 2.77. The van der Waals surface area contributed by atoms with Crippen LogP contribution in [0.2, 0.25) is 0 Å². The van der Waals surface area contributed by atoms with Gasteiger partial charge in [-0.2, -0.15) is 0 Å². The second-order valence-electron chi connectivity index (χ2n) is 4.16. The van der Waals surface area contributed by atoms with E-state index in [0.29, 0.717) is 0 Å². The van der Waals surface area contributed by atoms with E-state index in [1.165, 1.54) is 10.8 Å². The van der Waals surface area contributed by atoms with Crippen LogP contribution in [-0.2, 0) is 0 Å². The van der Waals surface area contributed by atoms with Gasteiger partial charge in [-0.25, -0.2) is 0 Å². The second kappa shape index (κ2) is 4.54. The normalized spacial score (nSPS) is 13.0. The summed E-state index contributed by atoms with van der Waals surface area (Å²) >= 11 is 0. The van der Waals surface area contributed by atoms with Crippen LogP contribution in [0.15, 0.2) is 42.5 Å². The topological polar surface area (TPSA) is 12.5 Å². The molecule has 2 nitrogen and oxygen atoms in total. The summed E-state index contributed by atoms with van der Waals surface area (Å²) in [7, 11) is 4.02. The van der Waals surface area contributed by atoms with Gasteiger partial charge in [0, 0.05) is 5.39 Å². The molecule has 84 valence electrons. The van der Waals surface area contributed by atoms with Crippen LogP contribution in [0.1, 0.15) is 6.92 Å². The first kappa shape index (κ1) is 11.0. The average Bonchev–Trinajstić information content (AvgIpc) is 2.29. The predicted octanol–water partition coefficient (Wildman–Crippen LogP) is 3.13. The van der Waals surface area contributed by atoms with Crippen LogP contribution < -0.4 is 4.74 Å². The van der Waals surface area contributed by atoms with E-state index in [-0.39, 0.29) is 6.23 Å². The van der Waals surface area contributed by atoms with Crippen molar-refractivity contribution in [2.45, 2.75) is 13.2 Å². The molecule has 2 aromatic rings. The third kappa shape index (κ3) is 2.17. The minimum absolute atomic E-state index is 0.0748. The number of hydrogen-bond donors (Lipinski definition) is 0. The molecule has 2 rings (SSSR count). The van der Waals surface area contributed by atoms with Gasteiger partial charge in [-0.05, 0) is 32.5 Å². The fraction of sp³-hybridized carbons (Fsp3) is 0.286. The highest BCUT2D eigenvalue weighted by Crippen LogP contribution is 2.26. The van der Waals surface area contributed by atoms with Gasteiger partial charge in [-0.1, -0.05) is 36.4 Å². The average molecular weight is 215 g/mol. The molecule has 0 saturated carbocycles. The lowest BCUT2D eigenvalue weighted by Gasteiger charge is -2.22. The fourth-order valence-corrected chi connectivity index (χ4v) is 1.59. The highest BCUT2D eigenvalue weighted by atomic mass is 16.5. The van der Waals surface area contributed by atoms with Crippen LogP contribution in [0.3, 0.4) is 0 Å². The van der Waals surface area contributed by atoms with E-state index in [0.717, 1.165) is 5.75 Å². The van der Waals surface area contributed by atoms with Crippen molar-refractivity contribution in [3.05, 3.63) is 42.5 Å². The first-order valence-electron chi connectivity index (χ1n) is 5.49. The lowest BCUT2D eigenvalue weighted by Crippen LogP contribution is -2.30. The quantitative estimate of drug-likeness (QED) is 0.729. The summed E-state index contributed by atoms with van der Waals surface area (Å²) in [6.45, 7) is 2.04. The third-order valence-corrected chi connectivity index (χ3v) is 2.77. The van der Waals surface area contributed by atoms with Crippen molar-refractivity contribution in [3.63, 3.8) is 0 Å². The molecule has 0 radical (unpaired) electrons. The van der Waals surface area contributed by atoms with Gasteiger partial charge in [0.1, 0.15) is 12.0 Å². The van der Waals surface area contributed by atoms with Crippen LogP contribution in [0, 0.1) is 0 Å². The molecule has 0 heterocycles. The maximum atomic E-state index is 5.91. The van der Waals surface area contributed by atoms with Crippen molar-refractivity contribution in [2.24, 2.45) is 0 Å². The van der Waals surface area contributed by atoms with E-state index in [2.05, 4.69) is 18.2 Å². The van der Waals surface area contributed by atoms with Gasteiger partial charge in [0.2, 0.25) is 0 Å². The summed E-state index contributed by atoms with van der Waals surface area (Å²) in [4.78, 5) is 2.04. The zero-order chi connectivity index (χ0) is 11.5. The molecule has 0 aliphatic heterocycles. The predicted molar refractivity (Wildman–Crippen MR) is 67.7 cm³/mol. The van der Waals surface area contributed by atoms with Gasteiger partial charge in [-0.3, -0.25) is 4.90 Å². The number of nitrogens with zero attached hydrogens (tertiary/aromatic N) is 1. The van der Waals surface area contributed by atoms with Gasteiger partial charge in [-0.15, -0.1) is 0 Å². The highest BCUT2D eigenvalue weighted by molar-refractivity contribution is 5.88. The second-order valence-corrected chi connectivity index (χ2v) is 4.16. The van der Waals surface area contributed by atoms with E-state index in [4.69, 9.17) is 4.74 Å². The van der Waals surface area contributed by atoms with Crippen molar-refractivity contribution >= 4 is 10.8 Å². The molecular weight excluding hydrogens is 198 g/mol. The first-order valence-corrected chi connectivity index (χ1v) is 5.49. The molecule has 0 bridgehead atoms. The van der Waals surface area contributed by atoms with Crippen LogP contribution in [0.4, 0.5) is 0 Å². The van der Waals surface area contributed by atoms with Crippen molar-refractivity contribution < 1.29 is 4.74 Å². The Morgan fingerprint density at radius 3 is 2.44 bits per heavy atom. The lowest BCUT2D eigenvalue weighted by molar-refractivity contribution is 0.0831. The summed E-state index contributed by atoms with van der Waals surface area (Å²) < 4.78 is 5.91. The number of hydrogen-bond acceptors (Lipinski definition) is 2. The van der Waals surface area contributed by atoms with Crippen molar-refractivity contribution in [1.82, 2.24) is 4.90 Å². The van der Waals surface area contributed by atoms with Gasteiger partial charge in [0.25, 0.3) is 0 Å². The Kier molecular flexibility index (Phi) is 3.11. The Balaban J connectivity index is 2.37. The molecule has 2 heteroatoms. The maximum Gasteiger partial charge on any atom is 0.149 e. The molecule has 1 unspecified atom stereocenters. The van der Waals surface area contributed by atoms with Crippen LogP contribution >= 0.6 is 0 Å². The zero-order valence-corrected chi connectivity index (χ0v) is 9.97. The number of rotatable bonds is 3. The van der Waals surface area contributed by atoms with E-state index < -0.39 is 0 Å². The van der Waals surface area contributed by atoms with Crippen LogP contribution in [0.25, 0.3) is 10.8 Å². The largest absolute Gasteiger partial charge is 0.475 e. The van der Waals surface area contributed by atoms with Gasteiger partial charge >= 0.3 is 0 Å². The molecule has 0 amide bonds. The van der Waals surface area contributed by atoms with E-state index in [9.17, 15) is 0 Å². The van der Waals surface area contributed by atoms with Gasteiger partial charge < -0.3 is 4.74 Å². The highest BCUT2D eigenvalue weighted by Gasteiger charge is 2.08. The van der Waals surface area contributed by atoms with Gasteiger partial charge in [0.15, 0.2) is 0 Å². The van der Waals surface area contributed by atoms with E-state index in [1.807, 2.05) is 50.2 Å². The molecule has 0 fully saturated rings. The van der Waals surface area contributed by atoms with Crippen molar-refractivity contribution in [2.75, 3.05) is 14.1 Å². The molecule has 2 aromatic carbocycles. The first-order chi connectivity index (χ1) is 7.68. The molecule has 0 saturated heterocycles. The zero-order valence-electron chi connectivity index (χ0n) is 9.97. The standard InChI is InChI=1S/C14H17NO/c1-11(15(2)3)16-14-10-6-8-12-7-4-5-9-13(12)14/h4-11H,1-3H3. The molecule has 0 aliphatic rings. The van der Waals surface area contributed by atoms with E-state index >= 15 is 0 Å². The summed E-state index contributed by atoms with van der Waals surface area (Å²) in [5, 5.41) is 2.38. The Morgan fingerprint density at radius 1 is 1.00 bits per heavy atom. The monoisotopic (exact) mass is 215 g/mol. The number of fused-ring (bicyclic) bond motifs is 1. The summed E-state index contributed by atoms with van der Waals surface area (Å²) in [5.74, 6) is 0.944. The molecule has 0 aliphatic carbocycles. The van der Waals surface area contributed by atoms with Crippen molar-refractivity contribution in [1.29, 1.82) is 0 Å². The minimum atomic E-state index is 0.0748. The summed E-state index contributed by atoms with van der Waals surface area (Å²) in [6.07, 6.45) is 0.0748. The maximum absolute atomic E-state index is 5.91. The Morgan fingerprint density at radius 2 is 1.69 bits per heavy atom. The summed E-state index contributed by atoms with van der Waals surface area (Å²) in [5.41, 5.74) is 0. The number of ether oxygens (including phenoxy) is 1. The SMILES string of the molecule is CC(Oc1cccc2ccccc12)N(C)C. The van der Waals surface area contributed by atoms with Crippen LogP contribution in [0.5, 0.6) is 5.75 Å². The van der Waals surface area contributed by atoms with E-state index in [1.54, 1.807) is 0 Å². The Labute approximate surface area is 96.4 Å². The molecule has 0 spiro atoms. The van der Waals surface area contributed by atoms with Crippen molar-refractivity contribution in [3.8, 4) is 5.75 Å². The minimum Gasteiger partial charge on any atom is -0.475 e. The number of benzene rings is 2. The Hall–Kier alpha value is -1.54. The van der Waals surface area contributed by atoms with Gasteiger partial charge in [0.05, 0.1) is 0 Å². The molecule has 1 atom stereocenters. The molecular formula is C14H17NO. The summed E-state index contributed by atoms with van der Waals surface area (Å²) in [6, 6.07) is 14.4.